The predicted octanol–water partition coefficient (Wildman–Crippen LogP) is 2.06. The van der Waals surface area contributed by atoms with Gasteiger partial charge in [-0.2, -0.15) is 5.26 Å². The third-order valence-corrected chi connectivity index (χ3v) is 3.42. The molecule has 0 amide bonds. The molecule has 3 rings (SSSR count). The third-order valence-electron chi connectivity index (χ3n) is 3.42. The summed E-state index contributed by atoms with van der Waals surface area (Å²) >= 11 is 0. The predicted molar refractivity (Wildman–Crippen MR) is 55.2 cm³/mol. The van der Waals surface area contributed by atoms with Gasteiger partial charge < -0.3 is 4.90 Å². The van der Waals surface area contributed by atoms with E-state index in [0.29, 0.717) is 12.0 Å². The van der Waals surface area contributed by atoms with Crippen LogP contribution in [0, 0.1) is 11.3 Å². The zero-order valence-corrected chi connectivity index (χ0v) is 8.03. The highest BCUT2D eigenvalue weighted by molar-refractivity contribution is 5.65. The Kier molecular flexibility index (Phi) is 1.41. The highest BCUT2D eigenvalue weighted by Crippen LogP contribution is 2.56. The van der Waals surface area contributed by atoms with Crippen LogP contribution >= 0.6 is 0 Å². The number of rotatable bonds is 1. The lowest BCUT2D eigenvalue weighted by Crippen LogP contribution is -2.24. The van der Waals surface area contributed by atoms with Crippen molar-refractivity contribution in [2.75, 3.05) is 18.0 Å². The molecule has 0 aromatic heterocycles. The molecule has 1 spiro atoms. The summed E-state index contributed by atoms with van der Waals surface area (Å²) in [5.74, 6) is 0. The van der Waals surface area contributed by atoms with Gasteiger partial charge in [0.25, 0.3) is 0 Å². The molecule has 14 heavy (non-hydrogen) atoms. The molecular formula is C12H12N2. The lowest BCUT2D eigenvalue weighted by Gasteiger charge is -2.14. The van der Waals surface area contributed by atoms with E-state index in [1.54, 1.807) is 0 Å². The van der Waals surface area contributed by atoms with Gasteiger partial charge in [0, 0.05) is 17.6 Å². The van der Waals surface area contributed by atoms with E-state index in [1.807, 2.05) is 0 Å². The molecule has 0 atom stereocenters. The van der Waals surface area contributed by atoms with Gasteiger partial charge in [-0.3, -0.25) is 0 Å². The first kappa shape index (κ1) is 7.87. The van der Waals surface area contributed by atoms with Crippen molar-refractivity contribution in [3.8, 4) is 6.07 Å². The van der Waals surface area contributed by atoms with Crippen molar-refractivity contribution >= 4 is 5.69 Å². The minimum atomic E-state index is 0.424. The van der Waals surface area contributed by atoms with Gasteiger partial charge in [0.05, 0.1) is 6.07 Å². The maximum atomic E-state index is 8.75. The summed E-state index contributed by atoms with van der Waals surface area (Å²) in [6.45, 7) is 1.58. The lowest BCUT2D eigenvalue weighted by atomic mass is 9.99. The van der Waals surface area contributed by atoms with Crippen LogP contribution in [0.2, 0.25) is 0 Å². The van der Waals surface area contributed by atoms with E-state index >= 15 is 0 Å². The summed E-state index contributed by atoms with van der Waals surface area (Å²) < 4.78 is 0. The van der Waals surface area contributed by atoms with E-state index < -0.39 is 0 Å². The second-order valence-electron chi connectivity index (χ2n) is 4.31. The number of para-hydroxylation sites is 1. The second kappa shape index (κ2) is 2.51. The lowest BCUT2D eigenvalue weighted by molar-refractivity contribution is 0.719. The van der Waals surface area contributed by atoms with Crippen LogP contribution in [0.3, 0.4) is 0 Å². The van der Waals surface area contributed by atoms with Crippen molar-refractivity contribution in [2.45, 2.75) is 18.3 Å². The highest BCUT2D eigenvalue weighted by atomic mass is 15.2. The van der Waals surface area contributed by atoms with E-state index in [9.17, 15) is 0 Å². The van der Waals surface area contributed by atoms with Crippen LogP contribution in [0.25, 0.3) is 0 Å². The average Bonchev–Trinajstić information content (AvgIpc) is 2.91. The molecule has 0 unspecified atom stereocenters. The van der Waals surface area contributed by atoms with Crippen molar-refractivity contribution in [1.82, 2.24) is 0 Å². The standard InChI is InChI=1S/C12H12N2/c13-7-8-14-9-12(5-6-12)10-3-1-2-4-11(10)14/h1-4H,5-6,8-9H2. The van der Waals surface area contributed by atoms with Gasteiger partial charge in [0.1, 0.15) is 6.54 Å². The van der Waals surface area contributed by atoms with E-state index in [1.165, 1.54) is 24.1 Å². The minimum absolute atomic E-state index is 0.424. The fourth-order valence-electron chi connectivity index (χ4n) is 2.54. The Labute approximate surface area is 83.8 Å². The zero-order chi connectivity index (χ0) is 9.60. The molecule has 1 saturated carbocycles. The fourth-order valence-corrected chi connectivity index (χ4v) is 2.54. The number of anilines is 1. The normalized spacial score (nSPS) is 20.6. The largest absolute Gasteiger partial charge is 0.357 e. The fraction of sp³-hybridized carbons (Fsp3) is 0.417. The Morgan fingerprint density at radius 3 is 2.86 bits per heavy atom. The molecule has 2 heteroatoms. The van der Waals surface area contributed by atoms with Gasteiger partial charge >= 0.3 is 0 Å². The number of benzene rings is 1. The van der Waals surface area contributed by atoms with Crippen LogP contribution in [0.5, 0.6) is 0 Å². The van der Waals surface area contributed by atoms with Crippen molar-refractivity contribution < 1.29 is 0 Å². The van der Waals surface area contributed by atoms with Crippen LogP contribution in [-0.4, -0.2) is 13.1 Å². The van der Waals surface area contributed by atoms with Crippen LogP contribution in [0.1, 0.15) is 18.4 Å². The maximum Gasteiger partial charge on any atom is 0.105 e. The maximum absolute atomic E-state index is 8.75. The molecule has 1 heterocycles. The molecule has 1 aliphatic carbocycles. The van der Waals surface area contributed by atoms with Gasteiger partial charge in [-0.15, -0.1) is 0 Å². The number of nitriles is 1. The van der Waals surface area contributed by atoms with Gasteiger partial charge in [0.15, 0.2) is 0 Å². The molecule has 1 aromatic rings. The number of hydrogen-bond donors (Lipinski definition) is 0. The van der Waals surface area contributed by atoms with E-state index in [-0.39, 0.29) is 0 Å². The third kappa shape index (κ3) is 0.899. The Hall–Kier alpha value is -1.49. The monoisotopic (exact) mass is 184 g/mol. The Bertz CT molecular complexity index is 413. The summed E-state index contributed by atoms with van der Waals surface area (Å²) in [4.78, 5) is 2.21. The first-order chi connectivity index (χ1) is 6.86. The van der Waals surface area contributed by atoms with Gasteiger partial charge in [-0.1, -0.05) is 18.2 Å². The molecule has 0 saturated heterocycles. The van der Waals surface area contributed by atoms with Crippen LogP contribution < -0.4 is 4.90 Å². The average molecular weight is 184 g/mol. The van der Waals surface area contributed by atoms with E-state index in [2.05, 4.69) is 35.2 Å². The molecule has 2 aliphatic rings. The SMILES string of the molecule is N#CCN1CC2(CC2)c2ccccc21. The quantitative estimate of drug-likeness (QED) is 0.625. The summed E-state index contributed by atoms with van der Waals surface area (Å²) in [6, 6.07) is 10.8. The van der Waals surface area contributed by atoms with Gasteiger partial charge in [0.2, 0.25) is 0 Å². The molecule has 0 bridgehead atoms. The van der Waals surface area contributed by atoms with E-state index in [0.717, 1.165) is 6.54 Å². The Balaban J connectivity index is 2.06. The molecule has 1 aliphatic heterocycles. The number of nitrogens with zero attached hydrogens (tertiary/aromatic N) is 2. The van der Waals surface area contributed by atoms with Crippen molar-refractivity contribution in [2.24, 2.45) is 0 Å². The van der Waals surface area contributed by atoms with E-state index in [4.69, 9.17) is 5.26 Å². The van der Waals surface area contributed by atoms with Crippen molar-refractivity contribution in [3.05, 3.63) is 29.8 Å². The number of hydrogen-bond acceptors (Lipinski definition) is 2. The molecule has 70 valence electrons. The van der Waals surface area contributed by atoms with Crippen molar-refractivity contribution in [1.29, 1.82) is 5.26 Å². The summed E-state index contributed by atoms with van der Waals surface area (Å²) in [5, 5.41) is 8.75. The minimum Gasteiger partial charge on any atom is -0.357 e. The van der Waals surface area contributed by atoms with Gasteiger partial charge in [-0.25, -0.2) is 0 Å². The van der Waals surface area contributed by atoms with Gasteiger partial charge in [-0.05, 0) is 24.5 Å². The topological polar surface area (TPSA) is 27.0 Å². The highest BCUT2D eigenvalue weighted by Gasteiger charge is 2.51. The molecule has 2 nitrogen and oxygen atoms in total. The Morgan fingerprint density at radius 2 is 2.14 bits per heavy atom. The first-order valence-electron chi connectivity index (χ1n) is 5.07. The summed E-state index contributed by atoms with van der Waals surface area (Å²) in [5.41, 5.74) is 3.18. The second-order valence-corrected chi connectivity index (χ2v) is 4.31. The summed E-state index contributed by atoms with van der Waals surface area (Å²) in [7, 11) is 0. The number of fused-ring (bicyclic) bond motifs is 2. The molecule has 0 radical (unpaired) electrons. The molecular weight excluding hydrogens is 172 g/mol. The molecule has 0 N–H and O–H groups in total. The van der Waals surface area contributed by atoms with Crippen molar-refractivity contribution in [3.63, 3.8) is 0 Å². The first-order valence-corrected chi connectivity index (χ1v) is 5.07. The smallest absolute Gasteiger partial charge is 0.105 e. The molecule has 1 fully saturated rings. The Morgan fingerprint density at radius 1 is 1.36 bits per heavy atom. The molecule has 1 aromatic carbocycles. The van der Waals surface area contributed by atoms with Crippen LogP contribution in [-0.2, 0) is 5.41 Å². The van der Waals surface area contributed by atoms with Crippen LogP contribution in [0.15, 0.2) is 24.3 Å². The zero-order valence-electron chi connectivity index (χ0n) is 8.03. The van der Waals surface area contributed by atoms with Crippen LogP contribution in [0.4, 0.5) is 5.69 Å². The summed E-state index contributed by atoms with van der Waals surface area (Å²) in [6.07, 6.45) is 2.60.